The molecule has 224 valence electrons. The maximum atomic E-state index is 14.0. The number of carbonyl (C=O) groups is 3. The van der Waals surface area contributed by atoms with Gasteiger partial charge < -0.3 is 33.7 Å². The number of hydrogen-bond acceptors (Lipinski definition) is 9. The molecule has 0 unspecified atom stereocenters. The molecule has 12 heteroatoms. The molecule has 0 saturated heterocycles. The molecule has 2 atom stereocenters. The SMILES string of the molecule is COC(=O)COc1ccc2c(c1)O[C@@H](c1cccc(C(=O)OC)c1)C[C@H]2C(=O)NC1(c2ccc3c(c2)OC(F)(F)O3)CC1. The van der Waals surface area contributed by atoms with Crippen molar-refractivity contribution >= 4 is 17.8 Å². The van der Waals surface area contributed by atoms with Crippen LogP contribution in [0.5, 0.6) is 23.0 Å². The van der Waals surface area contributed by atoms with E-state index in [4.69, 9.17) is 14.2 Å². The van der Waals surface area contributed by atoms with Crippen LogP contribution in [0.15, 0.2) is 60.7 Å². The van der Waals surface area contributed by atoms with Crippen molar-refractivity contribution < 1.29 is 51.6 Å². The molecule has 10 nitrogen and oxygen atoms in total. The maximum Gasteiger partial charge on any atom is 0.586 e. The van der Waals surface area contributed by atoms with Crippen LogP contribution in [0.25, 0.3) is 0 Å². The number of ether oxygens (including phenoxy) is 6. The summed E-state index contributed by atoms with van der Waals surface area (Å²) >= 11 is 0. The Morgan fingerprint density at radius 2 is 1.72 bits per heavy atom. The van der Waals surface area contributed by atoms with E-state index in [0.29, 0.717) is 46.6 Å². The Balaban J connectivity index is 1.29. The zero-order valence-corrected chi connectivity index (χ0v) is 23.2. The van der Waals surface area contributed by atoms with Gasteiger partial charge in [-0.3, -0.25) is 4.79 Å². The molecule has 1 amide bonds. The molecule has 0 bridgehead atoms. The van der Waals surface area contributed by atoms with Crippen LogP contribution in [0, 0.1) is 0 Å². The molecular weight excluding hydrogens is 568 g/mol. The minimum Gasteiger partial charge on any atom is -0.485 e. The summed E-state index contributed by atoms with van der Waals surface area (Å²) in [6, 6.07) is 16.2. The van der Waals surface area contributed by atoms with Crippen molar-refractivity contribution in [3.63, 3.8) is 0 Å². The van der Waals surface area contributed by atoms with E-state index in [0.717, 1.165) is 0 Å². The Bertz CT molecular complexity index is 1600. The Labute approximate surface area is 244 Å². The molecule has 2 aliphatic heterocycles. The number of carbonyl (C=O) groups excluding carboxylic acids is 3. The topological polar surface area (TPSA) is 119 Å². The molecule has 3 aromatic rings. The molecule has 6 rings (SSSR count). The van der Waals surface area contributed by atoms with Gasteiger partial charge in [0.05, 0.1) is 31.2 Å². The van der Waals surface area contributed by atoms with Gasteiger partial charge in [-0.1, -0.05) is 24.3 Å². The van der Waals surface area contributed by atoms with Gasteiger partial charge in [-0.25, -0.2) is 9.59 Å². The van der Waals surface area contributed by atoms with E-state index in [2.05, 4.69) is 19.5 Å². The highest BCUT2D eigenvalue weighted by molar-refractivity contribution is 5.89. The summed E-state index contributed by atoms with van der Waals surface area (Å²) in [6.45, 7) is -0.312. The zero-order valence-electron chi connectivity index (χ0n) is 23.2. The zero-order chi connectivity index (χ0) is 30.4. The highest BCUT2D eigenvalue weighted by Gasteiger charge is 2.50. The Hall–Kier alpha value is -4.87. The second-order valence-corrected chi connectivity index (χ2v) is 10.5. The van der Waals surface area contributed by atoms with Crippen LogP contribution in [-0.4, -0.2) is 45.0 Å². The maximum absolute atomic E-state index is 14.0. The molecular formula is C31H27F2NO9. The lowest BCUT2D eigenvalue weighted by Crippen LogP contribution is -2.40. The van der Waals surface area contributed by atoms with Crippen molar-refractivity contribution in [3.8, 4) is 23.0 Å². The predicted molar refractivity (Wildman–Crippen MR) is 144 cm³/mol. The number of methoxy groups -OCH3 is 2. The van der Waals surface area contributed by atoms with E-state index in [1.807, 2.05) is 0 Å². The third kappa shape index (κ3) is 5.64. The van der Waals surface area contributed by atoms with Gasteiger partial charge in [0.25, 0.3) is 0 Å². The van der Waals surface area contributed by atoms with Gasteiger partial charge >= 0.3 is 18.2 Å². The molecule has 1 N–H and O–H groups in total. The number of fused-ring (bicyclic) bond motifs is 2. The van der Waals surface area contributed by atoms with Gasteiger partial charge in [-0.2, -0.15) is 0 Å². The number of alkyl halides is 2. The lowest BCUT2D eigenvalue weighted by molar-refractivity contribution is -0.286. The van der Waals surface area contributed by atoms with Gasteiger partial charge in [0.2, 0.25) is 5.91 Å². The molecule has 1 fully saturated rings. The molecule has 0 spiro atoms. The molecule has 0 aromatic heterocycles. The van der Waals surface area contributed by atoms with Crippen molar-refractivity contribution in [3.05, 3.63) is 82.9 Å². The summed E-state index contributed by atoms with van der Waals surface area (Å²) in [5.41, 5.74) is 1.46. The highest BCUT2D eigenvalue weighted by atomic mass is 19.3. The number of rotatable bonds is 8. The monoisotopic (exact) mass is 595 g/mol. The van der Waals surface area contributed by atoms with Crippen molar-refractivity contribution in [2.24, 2.45) is 0 Å². The number of benzene rings is 3. The summed E-state index contributed by atoms with van der Waals surface area (Å²) in [7, 11) is 2.54. The second kappa shape index (κ2) is 10.8. The van der Waals surface area contributed by atoms with Gasteiger partial charge in [-0.15, -0.1) is 8.78 Å². The fraction of sp³-hybridized carbons (Fsp3) is 0.323. The van der Waals surface area contributed by atoms with E-state index >= 15 is 0 Å². The first-order valence-corrected chi connectivity index (χ1v) is 13.5. The Kier molecular flexibility index (Phi) is 7.07. The first-order valence-electron chi connectivity index (χ1n) is 13.5. The summed E-state index contributed by atoms with van der Waals surface area (Å²) in [6.07, 6.45) is -2.90. The standard InChI is InChI=1S/C31H27F2NO9/c1-38-27(35)16-40-20-7-8-21-22(15-24(41-25(21)14-20)17-4-3-5-18(12-17)29(37)39-2)28(36)34-30(10-11-30)19-6-9-23-26(13-19)43-31(32,33)42-23/h3-9,12-14,22,24H,10-11,15-16H2,1-2H3,(H,34,36)/t22-,24-/m1/s1. The molecule has 3 aromatic carbocycles. The average molecular weight is 596 g/mol. The van der Waals surface area contributed by atoms with Gasteiger partial charge in [0.15, 0.2) is 18.1 Å². The van der Waals surface area contributed by atoms with Crippen LogP contribution in [0.4, 0.5) is 8.78 Å². The number of amides is 1. The fourth-order valence-corrected chi connectivity index (χ4v) is 5.35. The third-order valence-corrected chi connectivity index (χ3v) is 7.73. The molecule has 1 saturated carbocycles. The minimum atomic E-state index is -3.74. The van der Waals surface area contributed by atoms with E-state index in [1.54, 1.807) is 48.5 Å². The summed E-state index contributed by atoms with van der Waals surface area (Å²) in [5.74, 6) is -1.50. The lowest BCUT2D eigenvalue weighted by atomic mass is 9.86. The molecule has 43 heavy (non-hydrogen) atoms. The van der Waals surface area contributed by atoms with E-state index in [9.17, 15) is 23.2 Å². The van der Waals surface area contributed by atoms with Crippen molar-refractivity contribution in [2.75, 3.05) is 20.8 Å². The predicted octanol–water partition coefficient (Wildman–Crippen LogP) is 4.76. The van der Waals surface area contributed by atoms with Crippen molar-refractivity contribution in [1.29, 1.82) is 0 Å². The number of halogens is 2. The van der Waals surface area contributed by atoms with Gasteiger partial charge in [-0.05, 0) is 54.3 Å². The van der Waals surface area contributed by atoms with Crippen LogP contribution >= 0.6 is 0 Å². The first-order chi connectivity index (χ1) is 20.6. The van der Waals surface area contributed by atoms with Crippen molar-refractivity contribution in [1.82, 2.24) is 5.32 Å². The minimum absolute atomic E-state index is 0.0727. The number of esters is 2. The average Bonchev–Trinajstić information content (AvgIpc) is 3.72. The quantitative estimate of drug-likeness (QED) is 0.368. The summed E-state index contributed by atoms with van der Waals surface area (Å²) in [5, 5.41) is 3.13. The Morgan fingerprint density at radius 3 is 2.47 bits per heavy atom. The van der Waals surface area contributed by atoms with Crippen LogP contribution in [-0.2, 0) is 24.6 Å². The summed E-state index contributed by atoms with van der Waals surface area (Å²) in [4.78, 5) is 37.7. The largest absolute Gasteiger partial charge is 0.586 e. The van der Waals surface area contributed by atoms with Crippen LogP contribution < -0.4 is 24.3 Å². The molecule has 1 aliphatic carbocycles. The number of nitrogens with one attached hydrogen (secondary N) is 1. The Morgan fingerprint density at radius 1 is 0.930 bits per heavy atom. The first kappa shape index (κ1) is 28.3. The van der Waals surface area contributed by atoms with E-state index < -0.39 is 35.8 Å². The van der Waals surface area contributed by atoms with Crippen molar-refractivity contribution in [2.45, 2.75) is 43.1 Å². The molecule has 3 aliphatic rings. The number of hydrogen-bond donors (Lipinski definition) is 1. The smallest absolute Gasteiger partial charge is 0.485 e. The van der Waals surface area contributed by atoms with Crippen LogP contribution in [0.3, 0.4) is 0 Å². The fourth-order valence-electron chi connectivity index (χ4n) is 5.35. The summed E-state index contributed by atoms with van der Waals surface area (Å²) < 4.78 is 57.6. The highest BCUT2D eigenvalue weighted by Crippen LogP contribution is 2.51. The van der Waals surface area contributed by atoms with E-state index in [1.165, 1.54) is 26.4 Å². The van der Waals surface area contributed by atoms with Crippen LogP contribution in [0.2, 0.25) is 0 Å². The molecule has 0 radical (unpaired) electrons. The lowest BCUT2D eigenvalue weighted by Gasteiger charge is -2.33. The normalized spacial score (nSPS) is 20.2. The van der Waals surface area contributed by atoms with E-state index in [-0.39, 0.29) is 30.4 Å². The van der Waals surface area contributed by atoms with Gasteiger partial charge in [0, 0.05) is 18.1 Å². The molecule has 2 heterocycles. The second-order valence-electron chi connectivity index (χ2n) is 10.5. The van der Waals surface area contributed by atoms with Gasteiger partial charge in [0.1, 0.15) is 17.6 Å². The third-order valence-electron chi connectivity index (χ3n) is 7.73. The van der Waals surface area contributed by atoms with Crippen LogP contribution in [0.1, 0.15) is 58.3 Å².